The minimum Gasteiger partial charge on any atom is -0.354 e. The van der Waals surface area contributed by atoms with Gasteiger partial charge in [-0.15, -0.1) is 0 Å². The number of rotatable bonds is 7. The summed E-state index contributed by atoms with van der Waals surface area (Å²) in [7, 11) is 0. The number of carbonyl (C=O) groups is 1. The van der Waals surface area contributed by atoms with E-state index in [-0.39, 0.29) is 5.91 Å². The van der Waals surface area contributed by atoms with E-state index in [0.717, 1.165) is 35.3 Å². The first-order chi connectivity index (χ1) is 13.6. The van der Waals surface area contributed by atoms with Gasteiger partial charge in [0, 0.05) is 17.9 Å². The summed E-state index contributed by atoms with van der Waals surface area (Å²) in [6.45, 7) is 6.64. The molecule has 0 aliphatic heterocycles. The second-order valence-corrected chi connectivity index (χ2v) is 6.80. The average molecular weight is 374 g/mol. The zero-order valence-electron chi connectivity index (χ0n) is 16.6. The normalized spacial score (nSPS) is 10.5. The fourth-order valence-electron chi connectivity index (χ4n) is 3.11. The third kappa shape index (κ3) is 4.94. The maximum absolute atomic E-state index is 12.8. The number of benzene rings is 2. The Morgan fingerprint density at radius 1 is 1.00 bits per heavy atom. The fourth-order valence-corrected chi connectivity index (χ4v) is 3.11. The van der Waals surface area contributed by atoms with Gasteiger partial charge in [-0.2, -0.15) is 0 Å². The van der Waals surface area contributed by atoms with Crippen molar-refractivity contribution in [2.75, 3.05) is 17.2 Å². The van der Waals surface area contributed by atoms with Crippen molar-refractivity contribution in [3.05, 3.63) is 82.7 Å². The number of aromatic nitrogens is 2. The molecular weight excluding hydrogens is 348 g/mol. The van der Waals surface area contributed by atoms with E-state index in [9.17, 15) is 4.79 Å². The highest BCUT2D eigenvalue weighted by Gasteiger charge is 2.14. The van der Waals surface area contributed by atoms with Crippen LogP contribution in [0.5, 0.6) is 0 Å². The highest BCUT2D eigenvalue weighted by molar-refractivity contribution is 6.04. The van der Waals surface area contributed by atoms with Gasteiger partial charge >= 0.3 is 0 Å². The fraction of sp³-hybridized carbons (Fsp3) is 0.261. The van der Waals surface area contributed by atoms with Crippen molar-refractivity contribution in [1.82, 2.24) is 9.97 Å². The van der Waals surface area contributed by atoms with Crippen molar-refractivity contribution in [2.45, 2.75) is 33.6 Å². The third-order valence-electron chi connectivity index (χ3n) is 4.60. The summed E-state index contributed by atoms with van der Waals surface area (Å²) in [4.78, 5) is 21.6. The molecule has 0 fully saturated rings. The maximum atomic E-state index is 12.8. The second-order valence-electron chi connectivity index (χ2n) is 6.80. The summed E-state index contributed by atoms with van der Waals surface area (Å²) in [5.41, 5.74) is 5.38. The zero-order valence-corrected chi connectivity index (χ0v) is 16.6. The molecule has 0 atom stereocenters. The lowest BCUT2D eigenvalue weighted by Gasteiger charge is -2.13. The lowest BCUT2D eigenvalue weighted by atomic mass is 10.1. The van der Waals surface area contributed by atoms with Crippen LogP contribution in [0.25, 0.3) is 0 Å². The molecule has 3 rings (SSSR count). The third-order valence-corrected chi connectivity index (χ3v) is 4.60. The van der Waals surface area contributed by atoms with Crippen LogP contribution in [0.15, 0.2) is 54.6 Å². The van der Waals surface area contributed by atoms with Crippen molar-refractivity contribution in [2.24, 2.45) is 0 Å². The lowest BCUT2D eigenvalue weighted by Crippen LogP contribution is -2.18. The molecule has 0 aliphatic carbocycles. The molecule has 144 valence electrons. The number of amides is 1. The summed E-state index contributed by atoms with van der Waals surface area (Å²) in [5.74, 6) is 0.252. The SMILES string of the molecule is CCc1cccc(C)c1NC(=O)c1cc(C)nc(NCCc2ccccc2)n1. The Morgan fingerprint density at radius 2 is 1.79 bits per heavy atom. The van der Waals surface area contributed by atoms with E-state index in [1.807, 2.05) is 50.2 Å². The number of para-hydroxylation sites is 1. The van der Waals surface area contributed by atoms with Gasteiger partial charge in [-0.3, -0.25) is 4.79 Å². The predicted molar refractivity (Wildman–Crippen MR) is 114 cm³/mol. The first-order valence-corrected chi connectivity index (χ1v) is 9.60. The van der Waals surface area contributed by atoms with E-state index < -0.39 is 0 Å². The molecule has 2 aromatic carbocycles. The van der Waals surface area contributed by atoms with Crippen LogP contribution >= 0.6 is 0 Å². The Hall–Kier alpha value is -3.21. The van der Waals surface area contributed by atoms with Crippen LogP contribution in [0.1, 0.15) is 39.8 Å². The molecule has 0 aliphatic rings. The van der Waals surface area contributed by atoms with Crippen LogP contribution in [0, 0.1) is 13.8 Å². The molecule has 5 heteroatoms. The van der Waals surface area contributed by atoms with Crippen LogP contribution in [0.3, 0.4) is 0 Å². The van der Waals surface area contributed by atoms with Crippen molar-refractivity contribution in [1.29, 1.82) is 0 Å². The zero-order chi connectivity index (χ0) is 19.9. The van der Waals surface area contributed by atoms with Gasteiger partial charge in [-0.1, -0.05) is 55.5 Å². The maximum Gasteiger partial charge on any atom is 0.274 e. The van der Waals surface area contributed by atoms with Crippen molar-refractivity contribution in [3.8, 4) is 0 Å². The Kier molecular flexibility index (Phi) is 6.37. The van der Waals surface area contributed by atoms with Crippen LogP contribution in [-0.4, -0.2) is 22.4 Å². The van der Waals surface area contributed by atoms with E-state index in [4.69, 9.17) is 0 Å². The van der Waals surface area contributed by atoms with Gasteiger partial charge in [0.05, 0.1) is 0 Å². The number of hydrogen-bond acceptors (Lipinski definition) is 4. The highest BCUT2D eigenvalue weighted by Crippen LogP contribution is 2.22. The first-order valence-electron chi connectivity index (χ1n) is 9.60. The summed E-state index contributed by atoms with van der Waals surface area (Å²) in [6.07, 6.45) is 1.72. The minimum atomic E-state index is -0.222. The Balaban J connectivity index is 1.71. The van der Waals surface area contributed by atoms with Crippen LogP contribution in [0.4, 0.5) is 11.6 Å². The van der Waals surface area contributed by atoms with E-state index in [0.29, 0.717) is 18.2 Å². The topological polar surface area (TPSA) is 66.9 Å². The molecule has 1 heterocycles. The molecule has 28 heavy (non-hydrogen) atoms. The molecule has 0 saturated carbocycles. The van der Waals surface area contributed by atoms with E-state index >= 15 is 0 Å². The molecule has 3 aromatic rings. The minimum absolute atomic E-state index is 0.222. The van der Waals surface area contributed by atoms with Crippen LogP contribution < -0.4 is 10.6 Å². The van der Waals surface area contributed by atoms with Gasteiger partial charge in [0.25, 0.3) is 5.91 Å². The smallest absolute Gasteiger partial charge is 0.274 e. The largest absolute Gasteiger partial charge is 0.354 e. The van der Waals surface area contributed by atoms with Gasteiger partial charge in [0.1, 0.15) is 5.69 Å². The molecule has 0 radical (unpaired) electrons. The van der Waals surface area contributed by atoms with Gasteiger partial charge in [-0.25, -0.2) is 9.97 Å². The highest BCUT2D eigenvalue weighted by atomic mass is 16.1. The molecule has 1 amide bonds. The molecule has 2 N–H and O–H groups in total. The molecular formula is C23H26N4O. The van der Waals surface area contributed by atoms with Gasteiger partial charge in [0.15, 0.2) is 0 Å². The van der Waals surface area contributed by atoms with Gasteiger partial charge in [0.2, 0.25) is 5.95 Å². The van der Waals surface area contributed by atoms with Gasteiger partial charge in [-0.05, 0) is 49.4 Å². The summed E-state index contributed by atoms with van der Waals surface area (Å²) < 4.78 is 0. The van der Waals surface area contributed by atoms with E-state index in [1.165, 1.54) is 5.56 Å². The molecule has 1 aromatic heterocycles. The second kappa shape index (κ2) is 9.13. The number of aryl methyl sites for hydroxylation is 3. The number of nitrogens with zero attached hydrogens (tertiary/aromatic N) is 2. The van der Waals surface area contributed by atoms with Crippen molar-refractivity contribution < 1.29 is 4.79 Å². The number of hydrogen-bond donors (Lipinski definition) is 2. The van der Waals surface area contributed by atoms with Crippen molar-refractivity contribution >= 4 is 17.5 Å². The first kappa shape index (κ1) is 19.5. The molecule has 0 unspecified atom stereocenters. The van der Waals surface area contributed by atoms with Gasteiger partial charge < -0.3 is 10.6 Å². The predicted octanol–water partition coefficient (Wildman–Crippen LogP) is 4.56. The Bertz CT molecular complexity index is 954. The lowest BCUT2D eigenvalue weighted by molar-refractivity contribution is 0.102. The standard InChI is InChI=1S/C23H26N4O/c1-4-19-12-8-9-16(2)21(19)27-22(28)20-15-17(3)25-23(26-20)24-14-13-18-10-6-5-7-11-18/h5-12,15H,4,13-14H2,1-3H3,(H,27,28)(H,24,25,26). The number of nitrogens with one attached hydrogen (secondary N) is 2. The molecule has 0 bridgehead atoms. The van der Waals surface area contributed by atoms with Crippen molar-refractivity contribution in [3.63, 3.8) is 0 Å². The summed E-state index contributed by atoms with van der Waals surface area (Å²) in [5, 5.41) is 6.25. The Morgan fingerprint density at radius 3 is 2.54 bits per heavy atom. The quantitative estimate of drug-likeness (QED) is 0.636. The van der Waals surface area contributed by atoms with E-state index in [2.05, 4.69) is 39.7 Å². The Labute approximate surface area is 166 Å². The molecule has 0 saturated heterocycles. The summed E-state index contributed by atoms with van der Waals surface area (Å²) >= 11 is 0. The molecule has 0 spiro atoms. The number of anilines is 2. The van der Waals surface area contributed by atoms with Crippen LogP contribution in [0.2, 0.25) is 0 Å². The molecule has 5 nitrogen and oxygen atoms in total. The van der Waals surface area contributed by atoms with Crippen LogP contribution in [-0.2, 0) is 12.8 Å². The summed E-state index contributed by atoms with van der Waals surface area (Å²) in [6, 6.07) is 18.0. The average Bonchev–Trinajstić information content (AvgIpc) is 2.70. The number of carbonyl (C=O) groups excluding carboxylic acids is 1. The monoisotopic (exact) mass is 374 g/mol. The van der Waals surface area contributed by atoms with E-state index in [1.54, 1.807) is 6.07 Å².